The number of hydrogen-bond acceptors (Lipinski definition) is 6. The van der Waals surface area contributed by atoms with E-state index in [-0.39, 0.29) is 6.03 Å². The van der Waals surface area contributed by atoms with Gasteiger partial charge in [-0.3, -0.25) is 4.90 Å². The Morgan fingerprint density at radius 2 is 1.08 bits per heavy atom. The molecule has 5 atom stereocenters. The van der Waals surface area contributed by atoms with Crippen LogP contribution < -0.4 is 5.32 Å². The van der Waals surface area contributed by atoms with Crippen molar-refractivity contribution in [2.45, 2.75) is 173 Å². The summed E-state index contributed by atoms with van der Waals surface area (Å²) in [6.45, 7) is 4.88. The maximum Gasteiger partial charge on any atom is 0.319 e. The van der Waals surface area contributed by atoms with Gasteiger partial charge in [0.25, 0.3) is 0 Å². The summed E-state index contributed by atoms with van der Waals surface area (Å²) in [5.41, 5.74) is 0. The first-order valence-corrected chi connectivity index (χ1v) is 16.3. The van der Waals surface area contributed by atoms with Crippen LogP contribution in [0.15, 0.2) is 0 Å². The largest absolute Gasteiger partial charge is 0.394 e. The molecule has 1 rings (SSSR count). The Morgan fingerprint density at radius 3 is 1.54 bits per heavy atom. The quantitative estimate of drug-likeness (QED) is 0.0978. The van der Waals surface area contributed by atoms with E-state index < -0.39 is 37.3 Å². The third kappa shape index (κ3) is 15.6. The van der Waals surface area contributed by atoms with Crippen LogP contribution in [0.2, 0.25) is 0 Å². The van der Waals surface area contributed by atoms with Crippen LogP contribution in [0.4, 0.5) is 4.79 Å². The van der Waals surface area contributed by atoms with E-state index in [1.54, 1.807) is 0 Å². The van der Waals surface area contributed by atoms with Crippen LogP contribution in [-0.2, 0) is 4.74 Å². The molecule has 8 nitrogen and oxygen atoms in total. The van der Waals surface area contributed by atoms with E-state index in [1.807, 2.05) is 0 Å². The number of amides is 2. The SMILES string of the molecule is CCCCCCCCCCCCNC(=O)N(CCCCCCCCCCCC)C1O[C@H](CO)[C@@H](O)[C@H](O)[C@H]1O. The lowest BCUT2D eigenvalue weighted by Gasteiger charge is -2.44. The van der Waals surface area contributed by atoms with Crippen molar-refractivity contribution in [1.82, 2.24) is 10.2 Å². The van der Waals surface area contributed by atoms with Crippen molar-refractivity contribution in [3.05, 3.63) is 0 Å². The molecule has 1 aliphatic rings. The van der Waals surface area contributed by atoms with Crippen LogP contribution in [0.5, 0.6) is 0 Å². The van der Waals surface area contributed by atoms with Crippen LogP contribution >= 0.6 is 0 Å². The molecule has 232 valence electrons. The van der Waals surface area contributed by atoms with Crippen LogP contribution in [-0.4, -0.2) is 81.7 Å². The summed E-state index contributed by atoms with van der Waals surface area (Å²) >= 11 is 0. The van der Waals surface area contributed by atoms with Gasteiger partial charge in [-0.1, -0.05) is 129 Å². The van der Waals surface area contributed by atoms with Gasteiger partial charge in [0.15, 0.2) is 6.23 Å². The Balaban J connectivity index is 2.44. The van der Waals surface area contributed by atoms with Crippen molar-refractivity contribution in [3.63, 3.8) is 0 Å². The number of nitrogens with one attached hydrogen (secondary N) is 1. The summed E-state index contributed by atoms with van der Waals surface area (Å²) in [6.07, 6.45) is 17.4. The first-order chi connectivity index (χ1) is 19.0. The van der Waals surface area contributed by atoms with E-state index in [0.717, 1.165) is 32.1 Å². The molecule has 1 fully saturated rings. The van der Waals surface area contributed by atoms with Crippen LogP contribution in [0.1, 0.15) is 142 Å². The number of carbonyl (C=O) groups excluding carboxylic acids is 1. The van der Waals surface area contributed by atoms with Crippen LogP contribution in [0.25, 0.3) is 0 Å². The molecule has 2 amide bonds. The molecule has 1 aliphatic heterocycles. The van der Waals surface area contributed by atoms with E-state index >= 15 is 0 Å². The lowest BCUT2D eigenvalue weighted by Crippen LogP contribution is -2.65. The molecule has 8 heteroatoms. The molecule has 1 unspecified atom stereocenters. The molecule has 0 aliphatic carbocycles. The summed E-state index contributed by atoms with van der Waals surface area (Å²) in [6, 6.07) is -0.342. The molecule has 5 N–H and O–H groups in total. The molecule has 0 aromatic rings. The Hall–Kier alpha value is -0.930. The second-order valence-corrected chi connectivity index (χ2v) is 11.5. The minimum absolute atomic E-state index is 0.342. The summed E-state index contributed by atoms with van der Waals surface area (Å²) < 4.78 is 5.72. The summed E-state index contributed by atoms with van der Waals surface area (Å²) in [7, 11) is 0. The molecular formula is C31H62N2O6. The Bertz CT molecular complexity index is 579. The van der Waals surface area contributed by atoms with Crippen molar-refractivity contribution in [2.24, 2.45) is 0 Å². The maximum absolute atomic E-state index is 13.1. The first kappa shape index (κ1) is 36.1. The van der Waals surface area contributed by atoms with E-state index in [1.165, 1.54) is 101 Å². The highest BCUT2D eigenvalue weighted by atomic mass is 16.6. The zero-order valence-corrected chi connectivity index (χ0v) is 25.2. The standard InChI is InChI=1S/C31H62N2O6/c1-3-5-7-9-11-13-15-17-19-21-23-32-31(38)33(24-22-20-18-16-14-12-10-8-6-4-2)30-29(37)28(36)27(35)26(25-34)39-30/h26-30,34-37H,3-25H2,1-2H3,(H,32,38)/t26-,27-,28+,29-,30?/m1/s1. The van der Waals surface area contributed by atoms with E-state index in [0.29, 0.717) is 13.1 Å². The van der Waals surface area contributed by atoms with Crippen LogP contribution in [0, 0.1) is 0 Å². The van der Waals surface area contributed by atoms with Gasteiger partial charge in [-0.15, -0.1) is 0 Å². The molecule has 0 aromatic carbocycles. The molecule has 1 heterocycles. The minimum Gasteiger partial charge on any atom is -0.394 e. The third-order valence-electron chi connectivity index (χ3n) is 7.99. The minimum atomic E-state index is -1.49. The van der Waals surface area contributed by atoms with Gasteiger partial charge in [-0.25, -0.2) is 4.79 Å². The number of unbranched alkanes of at least 4 members (excludes halogenated alkanes) is 18. The molecule has 0 radical (unpaired) electrons. The lowest BCUT2D eigenvalue weighted by atomic mass is 9.97. The van der Waals surface area contributed by atoms with Gasteiger partial charge in [-0.2, -0.15) is 0 Å². The average molecular weight is 559 g/mol. The third-order valence-corrected chi connectivity index (χ3v) is 7.99. The predicted molar refractivity (Wildman–Crippen MR) is 158 cm³/mol. The molecular weight excluding hydrogens is 496 g/mol. The van der Waals surface area contributed by atoms with E-state index in [4.69, 9.17) is 4.74 Å². The van der Waals surface area contributed by atoms with Gasteiger partial charge in [0, 0.05) is 13.1 Å². The topological polar surface area (TPSA) is 122 Å². The first-order valence-electron chi connectivity index (χ1n) is 16.3. The number of nitrogens with zero attached hydrogens (tertiary/aromatic N) is 1. The van der Waals surface area contributed by atoms with Gasteiger partial charge in [0.05, 0.1) is 6.61 Å². The van der Waals surface area contributed by atoms with Gasteiger partial charge in [0.2, 0.25) is 0 Å². The summed E-state index contributed by atoms with van der Waals surface area (Å²) in [5.74, 6) is 0. The maximum atomic E-state index is 13.1. The van der Waals surface area contributed by atoms with Gasteiger partial charge in [-0.05, 0) is 12.8 Å². The number of urea groups is 1. The molecule has 0 spiro atoms. The number of aliphatic hydroxyl groups excluding tert-OH is 4. The number of carbonyl (C=O) groups is 1. The van der Waals surface area contributed by atoms with Crippen molar-refractivity contribution in [3.8, 4) is 0 Å². The highest BCUT2D eigenvalue weighted by Gasteiger charge is 2.46. The summed E-state index contributed by atoms with van der Waals surface area (Å²) in [5, 5.41) is 43.6. The Morgan fingerprint density at radius 1 is 0.641 bits per heavy atom. The molecule has 39 heavy (non-hydrogen) atoms. The smallest absolute Gasteiger partial charge is 0.319 e. The molecule has 0 saturated carbocycles. The van der Waals surface area contributed by atoms with E-state index in [9.17, 15) is 25.2 Å². The monoisotopic (exact) mass is 558 g/mol. The van der Waals surface area contributed by atoms with Crippen molar-refractivity contribution in [2.75, 3.05) is 19.7 Å². The fourth-order valence-electron chi connectivity index (χ4n) is 5.36. The van der Waals surface area contributed by atoms with Crippen molar-refractivity contribution >= 4 is 6.03 Å². The van der Waals surface area contributed by atoms with Gasteiger partial charge in [0.1, 0.15) is 24.4 Å². The number of hydrogen-bond donors (Lipinski definition) is 5. The van der Waals surface area contributed by atoms with Crippen molar-refractivity contribution in [1.29, 1.82) is 0 Å². The zero-order valence-electron chi connectivity index (χ0n) is 25.2. The second-order valence-electron chi connectivity index (χ2n) is 11.5. The van der Waals surface area contributed by atoms with Crippen molar-refractivity contribution < 1.29 is 30.0 Å². The number of ether oxygens (including phenoxy) is 1. The normalized spacial score (nSPS) is 23.2. The highest BCUT2D eigenvalue weighted by Crippen LogP contribution is 2.24. The van der Waals surface area contributed by atoms with Crippen LogP contribution in [0.3, 0.4) is 0 Å². The summed E-state index contributed by atoms with van der Waals surface area (Å²) in [4.78, 5) is 14.6. The van der Waals surface area contributed by atoms with E-state index in [2.05, 4.69) is 19.2 Å². The fourth-order valence-corrected chi connectivity index (χ4v) is 5.36. The fraction of sp³-hybridized carbons (Fsp3) is 0.968. The Kier molecular flexibility index (Phi) is 22.0. The van der Waals surface area contributed by atoms with Gasteiger partial charge >= 0.3 is 6.03 Å². The zero-order chi connectivity index (χ0) is 28.7. The molecule has 0 aromatic heterocycles. The number of aliphatic hydroxyl groups is 4. The number of rotatable bonds is 24. The lowest BCUT2D eigenvalue weighted by molar-refractivity contribution is -0.257. The Labute approximate surface area is 238 Å². The molecule has 1 saturated heterocycles. The highest BCUT2D eigenvalue weighted by molar-refractivity contribution is 5.74. The molecule has 0 bridgehead atoms. The average Bonchev–Trinajstić information content (AvgIpc) is 2.94. The van der Waals surface area contributed by atoms with Gasteiger partial charge < -0.3 is 30.5 Å². The predicted octanol–water partition coefficient (Wildman–Crippen LogP) is 5.64. The second kappa shape index (κ2) is 23.7.